The molecule has 0 atom stereocenters. The van der Waals surface area contributed by atoms with Gasteiger partial charge in [-0.25, -0.2) is 0 Å². The number of carbonyl (C=O) groups is 1. The Balaban J connectivity index is 3.24. The van der Waals surface area contributed by atoms with Crippen LogP contribution in [0.5, 0.6) is 0 Å². The monoisotopic (exact) mass is 276 g/mol. The van der Waals surface area contributed by atoms with Gasteiger partial charge < -0.3 is 9.80 Å². The predicted octanol–water partition coefficient (Wildman–Crippen LogP) is 3.93. The second-order valence-electron chi connectivity index (χ2n) is 7.33. The van der Waals surface area contributed by atoms with Gasteiger partial charge >= 0.3 is 0 Å². The van der Waals surface area contributed by atoms with Crippen molar-refractivity contribution in [2.45, 2.75) is 47.1 Å². The summed E-state index contributed by atoms with van der Waals surface area (Å²) in [5.74, 6) is 0.118. The molecule has 0 fully saturated rings. The third-order valence-corrected chi connectivity index (χ3v) is 3.56. The smallest absolute Gasteiger partial charge is 0.232 e. The summed E-state index contributed by atoms with van der Waals surface area (Å²) in [5.41, 5.74) is 1.63. The van der Waals surface area contributed by atoms with E-state index in [0.717, 1.165) is 11.4 Å². The first-order chi connectivity index (χ1) is 8.96. The number of rotatable bonds is 2. The van der Waals surface area contributed by atoms with Crippen LogP contribution in [0.25, 0.3) is 0 Å². The lowest BCUT2D eigenvalue weighted by atomic mass is 9.94. The molecule has 0 aliphatic rings. The third kappa shape index (κ3) is 3.53. The summed E-state index contributed by atoms with van der Waals surface area (Å²) < 4.78 is 0. The normalized spacial score (nSPS) is 12.2. The Morgan fingerprint density at radius 1 is 0.900 bits per heavy atom. The van der Waals surface area contributed by atoms with Crippen LogP contribution in [0.4, 0.5) is 11.4 Å². The maximum Gasteiger partial charge on any atom is 0.232 e. The molecule has 1 aromatic carbocycles. The molecule has 0 aromatic heterocycles. The Labute approximate surface area is 123 Å². The molecule has 3 nitrogen and oxygen atoms in total. The van der Waals surface area contributed by atoms with Gasteiger partial charge in [0.15, 0.2) is 0 Å². The van der Waals surface area contributed by atoms with Crippen LogP contribution in [0.2, 0.25) is 0 Å². The number of benzene rings is 1. The third-order valence-electron chi connectivity index (χ3n) is 3.56. The van der Waals surface area contributed by atoms with E-state index in [2.05, 4.69) is 38.8 Å². The average Bonchev–Trinajstić information content (AvgIpc) is 2.34. The lowest BCUT2D eigenvalue weighted by Gasteiger charge is -2.37. The van der Waals surface area contributed by atoms with Crippen LogP contribution in [0.15, 0.2) is 24.3 Å². The number of para-hydroxylation sites is 2. The fourth-order valence-corrected chi connectivity index (χ4v) is 2.01. The van der Waals surface area contributed by atoms with E-state index in [9.17, 15) is 4.79 Å². The van der Waals surface area contributed by atoms with Crippen LogP contribution in [-0.4, -0.2) is 25.5 Å². The average molecular weight is 276 g/mol. The van der Waals surface area contributed by atoms with Gasteiger partial charge in [0.1, 0.15) is 0 Å². The van der Waals surface area contributed by atoms with Crippen molar-refractivity contribution in [3.63, 3.8) is 0 Å². The van der Waals surface area contributed by atoms with Gasteiger partial charge in [0.05, 0.1) is 11.4 Å². The van der Waals surface area contributed by atoms with Crippen LogP contribution >= 0.6 is 0 Å². The SMILES string of the molecule is CN(C(=O)C(C)(C)C)c1ccccc1N(C)C(C)(C)C. The lowest BCUT2D eigenvalue weighted by Crippen LogP contribution is -2.41. The molecular formula is C17H28N2O. The zero-order valence-corrected chi connectivity index (χ0v) is 14.1. The van der Waals surface area contributed by atoms with Crippen molar-refractivity contribution < 1.29 is 4.79 Å². The number of anilines is 2. The molecule has 0 aliphatic carbocycles. The maximum atomic E-state index is 12.5. The minimum Gasteiger partial charge on any atom is -0.368 e. The highest BCUT2D eigenvalue weighted by atomic mass is 16.2. The van der Waals surface area contributed by atoms with E-state index in [-0.39, 0.29) is 16.9 Å². The molecule has 0 spiro atoms. The van der Waals surface area contributed by atoms with Gasteiger partial charge in [-0.3, -0.25) is 4.79 Å². The van der Waals surface area contributed by atoms with Crippen LogP contribution in [0.3, 0.4) is 0 Å². The molecule has 1 amide bonds. The fourth-order valence-electron chi connectivity index (χ4n) is 2.01. The highest BCUT2D eigenvalue weighted by Gasteiger charge is 2.28. The quantitative estimate of drug-likeness (QED) is 0.817. The Kier molecular flexibility index (Phi) is 4.52. The fraction of sp³-hybridized carbons (Fsp3) is 0.588. The summed E-state index contributed by atoms with van der Waals surface area (Å²) in [6, 6.07) is 8.05. The van der Waals surface area contributed by atoms with Crippen molar-refractivity contribution in [3.05, 3.63) is 24.3 Å². The molecule has 0 unspecified atom stereocenters. The van der Waals surface area contributed by atoms with Gasteiger partial charge in [-0.15, -0.1) is 0 Å². The van der Waals surface area contributed by atoms with E-state index in [1.54, 1.807) is 4.90 Å². The molecule has 3 heteroatoms. The highest BCUT2D eigenvalue weighted by molar-refractivity contribution is 5.99. The van der Waals surface area contributed by atoms with Crippen LogP contribution < -0.4 is 9.80 Å². The van der Waals surface area contributed by atoms with E-state index in [1.807, 2.05) is 46.0 Å². The molecule has 0 saturated carbocycles. The molecule has 0 saturated heterocycles. The molecule has 0 aliphatic heterocycles. The first-order valence-corrected chi connectivity index (χ1v) is 7.07. The van der Waals surface area contributed by atoms with Crippen molar-refractivity contribution in [2.24, 2.45) is 5.41 Å². The molecule has 0 radical (unpaired) electrons. The van der Waals surface area contributed by atoms with Gasteiger partial charge in [-0.2, -0.15) is 0 Å². The molecule has 1 rings (SSSR count). The molecule has 1 aromatic rings. The summed E-state index contributed by atoms with van der Waals surface area (Å²) in [4.78, 5) is 16.5. The molecule has 0 bridgehead atoms. The number of carbonyl (C=O) groups excluding carboxylic acids is 1. The summed E-state index contributed by atoms with van der Waals surface area (Å²) >= 11 is 0. The van der Waals surface area contributed by atoms with Gasteiger partial charge in [-0.1, -0.05) is 32.9 Å². The summed E-state index contributed by atoms with van der Waals surface area (Å²) in [5, 5.41) is 0. The zero-order chi connectivity index (χ0) is 15.7. The first-order valence-electron chi connectivity index (χ1n) is 7.07. The standard InChI is InChI=1S/C17H28N2O/c1-16(2,3)15(20)18(7)13-11-9-10-12-14(13)19(8)17(4,5)6/h9-12H,1-8H3. The molecule has 20 heavy (non-hydrogen) atoms. The Morgan fingerprint density at radius 3 is 1.75 bits per heavy atom. The number of amides is 1. The summed E-state index contributed by atoms with van der Waals surface area (Å²) in [7, 11) is 3.91. The van der Waals surface area contributed by atoms with E-state index in [4.69, 9.17) is 0 Å². The number of hydrogen-bond acceptors (Lipinski definition) is 2. The first kappa shape index (κ1) is 16.5. The van der Waals surface area contributed by atoms with Gasteiger partial charge in [-0.05, 0) is 32.9 Å². The minimum atomic E-state index is -0.387. The second kappa shape index (κ2) is 5.47. The van der Waals surface area contributed by atoms with Crippen molar-refractivity contribution >= 4 is 17.3 Å². The largest absolute Gasteiger partial charge is 0.368 e. The van der Waals surface area contributed by atoms with Crippen molar-refractivity contribution in [2.75, 3.05) is 23.9 Å². The van der Waals surface area contributed by atoms with E-state index < -0.39 is 0 Å². The van der Waals surface area contributed by atoms with Crippen LogP contribution in [0.1, 0.15) is 41.5 Å². The van der Waals surface area contributed by atoms with Crippen molar-refractivity contribution in [3.8, 4) is 0 Å². The molecule has 0 heterocycles. The lowest BCUT2D eigenvalue weighted by molar-refractivity contribution is -0.125. The van der Waals surface area contributed by atoms with Gasteiger partial charge in [0.2, 0.25) is 5.91 Å². The van der Waals surface area contributed by atoms with Crippen LogP contribution in [-0.2, 0) is 4.79 Å². The van der Waals surface area contributed by atoms with Crippen molar-refractivity contribution in [1.29, 1.82) is 0 Å². The Hall–Kier alpha value is -1.51. The highest BCUT2D eigenvalue weighted by Crippen LogP contribution is 2.33. The molecule has 0 N–H and O–H groups in total. The number of hydrogen-bond donors (Lipinski definition) is 0. The van der Waals surface area contributed by atoms with E-state index in [0.29, 0.717) is 0 Å². The predicted molar refractivity (Wildman–Crippen MR) is 87.5 cm³/mol. The van der Waals surface area contributed by atoms with E-state index in [1.165, 1.54) is 0 Å². The minimum absolute atomic E-state index is 0.00171. The van der Waals surface area contributed by atoms with E-state index >= 15 is 0 Å². The Morgan fingerprint density at radius 2 is 1.35 bits per heavy atom. The topological polar surface area (TPSA) is 23.6 Å². The second-order valence-corrected chi connectivity index (χ2v) is 7.33. The summed E-state index contributed by atoms with van der Waals surface area (Å²) in [6.07, 6.45) is 0. The maximum absolute atomic E-state index is 12.5. The summed E-state index contributed by atoms with van der Waals surface area (Å²) in [6.45, 7) is 12.3. The van der Waals surface area contributed by atoms with Crippen molar-refractivity contribution in [1.82, 2.24) is 0 Å². The van der Waals surface area contributed by atoms with Crippen LogP contribution in [0, 0.1) is 5.41 Å². The zero-order valence-electron chi connectivity index (χ0n) is 14.1. The molecular weight excluding hydrogens is 248 g/mol. The molecule has 112 valence electrons. The Bertz CT molecular complexity index is 480. The van der Waals surface area contributed by atoms with Gasteiger partial charge in [0, 0.05) is 25.0 Å². The van der Waals surface area contributed by atoms with Gasteiger partial charge in [0.25, 0.3) is 0 Å². The number of nitrogens with zero attached hydrogens (tertiary/aromatic N) is 2.